The highest BCUT2D eigenvalue weighted by molar-refractivity contribution is 5.95. The maximum absolute atomic E-state index is 11.9. The van der Waals surface area contributed by atoms with Crippen molar-refractivity contribution < 1.29 is 29.5 Å². The molecule has 1 atom stereocenters. The zero-order chi connectivity index (χ0) is 15.8. The Morgan fingerprint density at radius 1 is 1.19 bits per heavy atom. The van der Waals surface area contributed by atoms with E-state index < -0.39 is 23.1 Å². The van der Waals surface area contributed by atoms with Crippen molar-refractivity contribution in [3.8, 4) is 0 Å². The van der Waals surface area contributed by atoms with Gasteiger partial charge in [-0.3, -0.25) is 9.59 Å². The maximum Gasteiger partial charge on any atom is 0.320 e. The number of ether oxygens (including phenoxy) is 2. The Labute approximate surface area is 122 Å². The van der Waals surface area contributed by atoms with Gasteiger partial charge in [0.15, 0.2) is 11.6 Å². The third kappa shape index (κ3) is 4.82. The molecule has 2 N–H and O–H groups in total. The van der Waals surface area contributed by atoms with Crippen molar-refractivity contribution in [2.24, 2.45) is 5.92 Å². The fraction of sp³-hybridized carbons (Fsp3) is 0.429. The number of benzene rings is 1. The molecule has 0 aliphatic carbocycles. The van der Waals surface area contributed by atoms with E-state index in [2.05, 4.69) is 0 Å². The highest BCUT2D eigenvalue weighted by Crippen LogP contribution is 2.18. The average Bonchev–Trinajstić information content (AvgIpc) is 2.45. The number of nitrogens with one attached hydrogen (secondary N) is 1. The summed E-state index contributed by atoms with van der Waals surface area (Å²) in [4.78, 5) is 23.7. The molecular formula is C14H19NO6. The summed E-state index contributed by atoms with van der Waals surface area (Å²) in [6.07, 6.45) is -0.0693. The highest BCUT2D eigenvalue weighted by Gasteiger charge is 2.31. The Bertz CT molecular complexity index is 470. The van der Waals surface area contributed by atoms with Crippen LogP contribution in [0.5, 0.6) is 0 Å². The number of rotatable bonds is 7. The number of hydrogen-bond donors (Lipinski definition) is 2. The lowest BCUT2D eigenvalue weighted by Gasteiger charge is -2.18. The zero-order valence-corrected chi connectivity index (χ0v) is 12.0. The van der Waals surface area contributed by atoms with Gasteiger partial charge in [-0.25, -0.2) is 5.21 Å². The molecule has 1 aromatic rings. The van der Waals surface area contributed by atoms with E-state index in [9.17, 15) is 14.8 Å². The summed E-state index contributed by atoms with van der Waals surface area (Å²) in [5.41, 5.74) is 0.437. The lowest BCUT2D eigenvalue weighted by atomic mass is 9.98. The van der Waals surface area contributed by atoms with E-state index in [-0.39, 0.29) is 25.3 Å². The Balaban J connectivity index is 3.00. The third-order valence-corrected chi connectivity index (χ3v) is 2.81. The molecule has 0 aliphatic heterocycles. The Kier molecular flexibility index (Phi) is 6.80. The summed E-state index contributed by atoms with van der Waals surface area (Å²) >= 11 is 0. The molecule has 0 spiro atoms. The van der Waals surface area contributed by atoms with Gasteiger partial charge in [-0.2, -0.15) is 5.23 Å². The van der Waals surface area contributed by atoms with Gasteiger partial charge < -0.3 is 14.7 Å². The van der Waals surface area contributed by atoms with Crippen molar-refractivity contribution in [2.45, 2.75) is 20.3 Å². The van der Waals surface area contributed by atoms with Crippen LogP contribution in [-0.4, -0.2) is 30.4 Å². The number of para-hydroxylation sites is 1. The van der Waals surface area contributed by atoms with E-state index in [1.165, 1.54) is 6.07 Å². The predicted molar refractivity (Wildman–Crippen MR) is 72.7 cm³/mol. The van der Waals surface area contributed by atoms with Crippen LogP contribution in [0.15, 0.2) is 24.3 Å². The van der Waals surface area contributed by atoms with Crippen LogP contribution in [0.25, 0.3) is 0 Å². The summed E-state index contributed by atoms with van der Waals surface area (Å²) in [7, 11) is 0. The largest absolute Gasteiger partial charge is 0.595 e. The molecule has 0 saturated carbocycles. The van der Waals surface area contributed by atoms with E-state index in [0.717, 1.165) is 0 Å². The first-order valence-electron chi connectivity index (χ1n) is 6.65. The van der Waals surface area contributed by atoms with E-state index in [4.69, 9.17) is 14.7 Å². The molecular weight excluding hydrogens is 278 g/mol. The fourth-order valence-corrected chi connectivity index (χ4v) is 1.88. The van der Waals surface area contributed by atoms with Gasteiger partial charge in [0.25, 0.3) is 0 Å². The summed E-state index contributed by atoms with van der Waals surface area (Å²) in [5, 5.41) is 19.2. The second-order valence-electron chi connectivity index (χ2n) is 4.22. The first-order valence-corrected chi connectivity index (χ1v) is 6.65. The molecule has 0 amide bonds. The summed E-state index contributed by atoms with van der Waals surface area (Å²) in [6.45, 7) is 3.53. The van der Waals surface area contributed by atoms with Gasteiger partial charge in [0.1, 0.15) is 0 Å². The Morgan fingerprint density at radius 2 is 1.71 bits per heavy atom. The number of carbonyl (C=O) groups is 2. The van der Waals surface area contributed by atoms with E-state index >= 15 is 0 Å². The second kappa shape index (κ2) is 8.35. The molecule has 1 rings (SSSR count). The van der Waals surface area contributed by atoms with Gasteiger partial charge in [0, 0.05) is 18.1 Å². The Hall–Kier alpha value is -1.96. The summed E-state index contributed by atoms with van der Waals surface area (Å²) in [6, 6.07) is 6.21. The van der Waals surface area contributed by atoms with Crippen molar-refractivity contribution in [1.82, 2.24) is 0 Å². The SMILES string of the molecule is CCOC(=O)C(Cc1ccccc1[NH+]([O-])O)C(=O)OCC. The average molecular weight is 297 g/mol. The molecule has 0 fully saturated rings. The highest BCUT2D eigenvalue weighted by atomic mass is 16.8. The van der Waals surface area contributed by atoms with Crippen LogP contribution in [0, 0.1) is 11.1 Å². The van der Waals surface area contributed by atoms with Gasteiger partial charge in [-0.1, -0.05) is 18.2 Å². The molecule has 1 aromatic carbocycles. The quantitative estimate of drug-likeness (QED) is 0.428. The monoisotopic (exact) mass is 297 g/mol. The topological polar surface area (TPSA) is 100 Å². The normalized spacial score (nSPS) is 12.0. The van der Waals surface area contributed by atoms with Crippen LogP contribution in [0.4, 0.5) is 5.69 Å². The molecule has 0 saturated heterocycles. The minimum Gasteiger partial charge on any atom is -0.595 e. The van der Waals surface area contributed by atoms with Crippen LogP contribution in [0.2, 0.25) is 0 Å². The molecule has 7 nitrogen and oxygen atoms in total. The number of esters is 2. The minimum atomic E-state index is -1.16. The number of carbonyl (C=O) groups excluding carboxylic acids is 2. The van der Waals surface area contributed by atoms with Crippen LogP contribution < -0.4 is 5.23 Å². The van der Waals surface area contributed by atoms with Gasteiger partial charge in [-0.05, 0) is 13.8 Å². The van der Waals surface area contributed by atoms with Crippen molar-refractivity contribution in [3.05, 3.63) is 35.0 Å². The van der Waals surface area contributed by atoms with Gasteiger partial charge in [-0.15, -0.1) is 0 Å². The van der Waals surface area contributed by atoms with Crippen molar-refractivity contribution in [1.29, 1.82) is 0 Å². The molecule has 21 heavy (non-hydrogen) atoms. The molecule has 7 heteroatoms. The van der Waals surface area contributed by atoms with Gasteiger partial charge >= 0.3 is 11.9 Å². The van der Waals surface area contributed by atoms with Gasteiger partial charge in [0.2, 0.25) is 0 Å². The number of hydrogen-bond acceptors (Lipinski definition) is 6. The van der Waals surface area contributed by atoms with Crippen molar-refractivity contribution in [3.63, 3.8) is 0 Å². The predicted octanol–water partition coefficient (Wildman–Crippen LogP) is 0.375. The lowest BCUT2D eigenvalue weighted by molar-refractivity contribution is -0.991. The fourth-order valence-electron chi connectivity index (χ4n) is 1.88. The van der Waals surface area contributed by atoms with Crippen molar-refractivity contribution in [2.75, 3.05) is 13.2 Å². The summed E-state index contributed by atoms with van der Waals surface area (Å²) < 4.78 is 9.71. The van der Waals surface area contributed by atoms with Crippen LogP contribution in [-0.2, 0) is 25.5 Å². The lowest BCUT2D eigenvalue weighted by Crippen LogP contribution is -2.99. The van der Waals surface area contributed by atoms with E-state index in [0.29, 0.717) is 5.56 Å². The molecule has 0 aromatic heterocycles. The molecule has 0 radical (unpaired) electrons. The first-order chi connectivity index (χ1) is 10.0. The molecule has 116 valence electrons. The Morgan fingerprint density at radius 3 is 2.19 bits per heavy atom. The van der Waals surface area contributed by atoms with Crippen LogP contribution in [0.1, 0.15) is 19.4 Å². The minimum absolute atomic E-state index is 0.0519. The standard InChI is InChI=1S/C14H19NO6/c1-3-20-13(16)11(14(17)21-4-2)9-10-7-5-6-8-12(10)15(18)19/h5-8,11,15,18H,3-4,9H2,1-2H3. The molecule has 0 bridgehead atoms. The van der Waals surface area contributed by atoms with E-state index in [1.54, 1.807) is 32.0 Å². The maximum atomic E-state index is 11.9. The zero-order valence-electron chi connectivity index (χ0n) is 12.0. The molecule has 1 unspecified atom stereocenters. The smallest absolute Gasteiger partial charge is 0.320 e. The molecule has 0 aliphatic rings. The van der Waals surface area contributed by atoms with Gasteiger partial charge in [0.05, 0.1) is 13.2 Å². The summed E-state index contributed by atoms with van der Waals surface area (Å²) in [5.74, 6) is -2.59. The number of quaternary nitrogens is 1. The second-order valence-corrected chi connectivity index (χ2v) is 4.22. The van der Waals surface area contributed by atoms with Crippen LogP contribution in [0.3, 0.4) is 0 Å². The third-order valence-electron chi connectivity index (χ3n) is 2.81. The van der Waals surface area contributed by atoms with E-state index in [1.807, 2.05) is 0 Å². The van der Waals surface area contributed by atoms with Crippen LogP contribution >= 0.6 is 0 Å². The van der Waals surface area contributed by atoms with Crippen molar-refractivity contribution >= 4 is 17.6 Å². The first kappa shape index (κ1) is 17.1. The molecule has 0 heterocycles.